The topological polar surface area (TPSA) is 76.2 Å². The van der Waals surface area contributed by atoms with Crippen molar-refractivity contribution >= 4 is 38.5 Å². The van der Waals surface area contributed by atoms with Gasteiger partial charge in [-0.25, -0.2) is 14.5 Å². The Kier molecular flexibility index (Phi) is 3.14. The molecule has 0 bridgehead atoms. The molecule has 4 aromatic heterocycles. The zero-order valence-corrected chi connectivity index (χ0v) is 15.5. The number of aromatic nitrogens is 5. The zero-order chi connectivity index (χ0) is 19.5. The predicted octanol–water partition coefficient (Wildman–Crippen LogP) is 4.66. The van der Waals surface area contributed by atoms with Gasteiger partial charge in [0.1, 0.15) is 11.3 Å². The number of phenolic OH excluding ortho intramolecular Hbond substituents is 1. The first-order chi connectivity index (χ1) is 14.2. The van der Waals surface area contributed by atoms with Crippen molar-refractivity contribution in [2.45, 2.75) is 6.92 Å². The summed E-state index contributed by atoms with van der Waals surface area (Å²) < 4.78 is 1.95. The van der Waals surface area contributed by atoms with Crippen molar-refractivity contribution in [2.75, 3.05) is 0 Å². The molecule has 0 atom stereocenters. The first-order valence-electron chi connectivity index (χ1n) is 9.31. The van der Waals surface area contributed by atoms with Crippen LogP contribution < -0.4 is 0 Å². The Labute approximate surface area is 165 Å². The van der Waals surface area contributed by atoms with Crippen LogP contribution in [0, 0.1) is 6.92 Å². The Morgan fingerprint density at radius 1 is 0.862 bits per heavy atom. The molecule has 0 unspecified atom stereocenters. The predicted molar refractivity (Wildman–Crippen MR) is 113 cm³/mol. The molecule has 0 radical (unpaired) electrons. The lowest BCUT2D eigenvalue weighted by Gasteiger charge is -2.11. The number of hydrogen-bond acceptors (Lipinski definition) is 5. The number of fused-ring (bicyclic) bond motifs is 7. The molecule has 0 aliphatic carbocycles. The molecule has 6 nitrogen and oxygen atoms in total. The molecule has 6 heteroatoms. The highest BCUT2D eigenvalue weighted by molar-refractivity contribution is 6.13. The minimum atomic E-state index is 0.235. The summed E-state index contributed by atoms with van der Waals surface area (Å²) >= 11 is 0. The van der Waals surface area contributed by atoms with Gasteiger partial charge in [0, 0.05) is 34.3 Å². The normalized spacial score (nSPS) is 11.8. The molecule has 0 saturated carbocycles. The number of nitrogens with zero attached hydrogens (tertiary/aromatic N) is 5. The number of rotatable bonds is 1. The highest BCUT2D eigenvalue weighted by atomic mass is 16.3. The zero-order valence-electron chi connectivity index (χ0n) is 15.5. The van der Waals surface area contributed by atoms with Crippen molar-refractivity contribution in [3.05, 3.63) is 72.6 Å². The lowest BCUT2D eigenvalue weighted by molar-refractivity contribution is 0.475. The largest absolute Gasteiger partial charge is 0.508 e. The molecule has 138 valence electrons. The molecule has 1 N–H and O–H groups in total. The monoisotopic (exact) mass is 377 g/mol. The summed E-state index contributed by atoms with van der Waals surface area (Å²) in [6, 6.07) is 17.4. The number of pyridine rings is 2. The van der Waals surface area contributed by atoms with Gasteiger partial charge in [0.2, 0.25) is 0 Å². The Bertz CT molecular complexity index is 1570. The standard InChI is InChI=1S/C23H15N5O/c1-13-20-23(25-11-10-24-20)26-21-17-5-3-2-4-16(17)19-12-18(27-28(19)22(13)21)14-6-8-15(29)9-7-14/h2-12,29H,1H3. The van der Waals surface area contributed by atoms with E-state index in [1.807, 2.05) is 35.7 Å². The lowest BCUT2D eigenvalue weighted by atomic mass is 10.1. The summed E-state index contributed by atoms with van der Waals surface area (Å²) in [5, 5.41) is 16.7. The second-order valence-electron chi connectivity index (χ2n) is 7.08. The van der Waals surface area contributed by atoms with E-state index >= 15 is 0 Å². The van der Waals surface area contributed by atoms with E-state index in [4.69, 9.17) is 10.1 Å². The highest BCUT2D eigenvalue weighted by Gasteiger charge is 2.17. The van der Waals surface area contributed by atoms with Crippen LogP contribution in [0.4, 0.5) is 0 Å². The van der Waals surface area contributed by atoms with E-state index in [0.717, 1.165) is 49.7 Å². The number of benzene rings is 2. The van der Waals surface area contributed by atoms with E-state index in [9.17, 15) is 5.11 Å². The van der Waals surface area contributed by atoms with Gasteiger partial charge in [-0.2, -0.15) is 5.10 Å². The quantitative estimate of drug-likeness (QED) is 0.333. The Morgan fingerprint density at radius 2 is 1.62 bits per heavy atom. The van der Waals surface area contributed by atoms with Crippen LogP contribution in [0.5, 0.6) is 5.75 Å². The molecule has 6 rings (SSSR count). The smallest absolute Gasteiger partial charge is 0.179 e. The second-order valence-corrected chi connectivity index (χ2v) is 7.08. The molecular formula is C23H15N5O. The molecule has 0 fully saturated rings. The third-order valence-electron chi connectivity index (χ3n) is 5.37. The molecule has 6 aromatic rings. The fourth-order valence-electron chi connectivity index (χ4n) is 4.00. The van der Waals surface area contributed by atoms with Gasteiger partial charge in [0.25, 0.3) is 0 Å². The highest BCUT2D eigenvalue weighted by Crippen LogP contribution is 2.34. The molecule has 0 amide bonds. The van der Waals surface area contributed by atoms with Crippen LogP contribution >= 0.6 is 0 Å². The maximum atomic E-state index is 9.62. The number of hydrogen-bond donors (Lipinski definition) is 1. The van der Waals surface area contributed by atoms with E-state index in [1.165, 1.54) is 0 Å². The number of aromatic hydroxyl groups is 1. The van der Waals surface area contributed by atoms with Gasteiger partial charge in [0.05, 0.1) is 22.2 Å². The van der Waals surface area contributed by atoms with E-state index in [2.05, 4.69) is 28.2 Å². The average Bonchev–Trinajstić information content (AvgIpc) is 3.20. The third kappa shape index (κ3) is 2.23. The first kappa shape index (κ1) is 15.9. The van der Waals surface area contributed by atoms with Crippen LogP contribution in [-0.4, -0.2) is 29.7 Å². The van der Waals surface area contributed by atoms with E-state index in [1.54, 1.807) is 24.5 Å². The molecule has 0 spiro atoms. The van der Waals surface area contributed by atoms with Gasteiger partial charge in [-0.1, -0.05) is 24.3 Å². The summed E-state index contributed by atoms with van der Waals surface area (Å²) in [6.45, 7) is 2.04. The van der Waals surface area contributed by atoms with E-state index in [0.29, 0.717) is 5.65 Å². The molecule has 0 aliphatic rings. The van der Waals surface area contributed by atoms with Gasteiger partial charge in [-0.3, -0.25) is 4.98 Å². The van der Waals surface area contributed by atoms with Gasteiger partial charge in [0.15, 0.2) is 5.65 Å². The summed E-state index contributed by atoms with van der Waals surface area (Å²) in [5.41, 5.74) is 6.97. The van der Waals surface area contributed by atoms with E-state index in [-0.39, 0.29) is 5.75 Å². The van der Waals surface area contributed by atoms with E-state index < -0.39 is 0 Å². The fourth-order valence-corrected chi connectivity index (χ4v) is 4.00. The maximum Gasteiger partial charge on any atom is 0.179 e. The van der Waals surface area contributed by atoms with Gasteiger partial charge in [-0.15, -0.1) is 0 Å². The molecular weight excluding hydrogens is 362 g/mol. The summed E-state index contributed by atoms with van der Waals surface area (Å²) in [4.78, 5) is 13.8. The fraction of sp³-hybridized carbons (Fsp3) is 0.0435. The van der Waals surface area contributed by atoms with Gasteiger partial charge in [-0.05, 0) is 37.3 Å². The average molecular weight is 377 g/mol. The minimum absolute atomic E-state index is 0.235. The molecule has 0 aliphatic heterocycles. The van der Waals surface area contributed by atoms with Crippen LogP contribution in [-0.2, 0) is 0 Å². The van der Waals surface area contributed by atoms with Crippen LogP contribution in [0.1, 0.15) is 5.56 Å². The van der Waals surface area contributed by atoms with Crippen LogP contribution in [0.15, 0.2) is 67.0 Å². The Morgan fingerprint density at radius 3 is 2.45 bits per heavy atom. The minimum Gasteiger partial charge on any atom is -0.508 e. The van der Waals surface area contributed by atoms with Crippen molar-refractivity contribution in [3.8, 4) is 17.0 Å². The summed E-state index contributed by atoms with van der Waals surface area (Å²) in [6.07, 6.45) is 3.35. The van der Waals surface area contributed by atoms with Crippen LogP contribution in [0.2, 0.25) is 0 Å². The summed E-state index contributed by atoms with van der Waals surface area (Å²) in [7, 11) is 0. The molecule has 0 saturated heterocycles. The SMILES string of the molecule is Cc1c2nccnc2nc2c3ccccc3c3cc(-c4ccc(O)cc4)nn3c12. The van der Waals surface area contributed by atoms with Crippen LogP contribution in [0.25, 0.3) is 49.7 Å². The third-order valence-corrected chi connectivity index (χ3v) is 5.37. The first-order valence-corrected chi connectivity index (χ1v) is 9.31. The van der Waals surface area contributed by atoms with Gasteiger partial charge >= 0.3 is 0 Å². The Hall–Kier alpha value is -4.06. The summed E-state index contributed by atoms with van der Waals surface area (Å²) in [5.74, 6) is 0.235. The van der Waals surface area contributed by atoms with Crippen molar-refractivity contribution in [3.63, 3.8) is 0 Å². The second kappa shape index (κ2) is 5.72. The van der Waals surface area contributed by atoms with Gasteiger partial charge < -0.3 is 5.11 Å². The van der Waals surface area contributed by atoms with Crippen molar-refractivity contribution < 1.29 is 5.11 Å². The molecule has 4 heterocycles. The Balaban J connectivity index is 1.83. The maximum absolute atomic E-state index is 9.62. The number of phenols is 1. The van der Waals surface area contributed by atoms with Crippen molar-refractivity contribution in [2.24, 2.45) is 0 Å². The molecule has 2 aromatic carbocycles. The van der Waals surface area contributed by atoms with Crippen molar-refractivity contribution in [1.29, 1.82) is 0 Å². The van der Waals surface area contributed by atoms with Crippen molar-refractivity contribution in [1.82, 2.24) is 24.6 Å². The molecule has 29 heavy (non-hydrogen) atoms. The lowest BCUT2D eigenvalue weighted by Crippen LogP contribution is -2.00. The number of aryl methyl sites for hydroxylation is 1. The van der Waals surface area contributed by atoms with Crippen LogP contribution in [0.3, 0.4) is 0 Å².